The molecule has 7 nitrogen and oxygen atoms in total. The molecule has 1 aromatic carbocycles. The van der Waals surface area contributed by atoms with Crippen molar-refractivity contribution >= 4 is 17.7 Å². The van der Waals surface area contributed by atoms with Crippen LogP contribution in [0.4, 0.5) is 4.39 Å². The maximum Gasteiger partial charge on any atom is 0.255 e. The summed E-state index contributed by atoms with van der Waals surface area (Å²) in [7, 11) is 0. The van der Waals surface area contributed by atoms with Gasteiger partial charge in [-0.15, -0.1) is 0 Å². The van der Waals surface area contributed by atoms with Gasteiger partial charge < -0.3 is 15.0 Å². The summed E-state index contributed by atoms with van der Waals surface area (Å²) < 4.78 is 21.6. The number of nitrogens with one attached hydrogen (secondary N) is 2. The molecule has 4 aliphatic rings. The van der Waals surface area contributed by atoms with Crippen molar-refractivity contribution in [2.24, 2.45) is 0 Å². The predicted octanol–water partition coefficient (Wildman–Crippen LogP) is 2.21. The van der Waals surface area contributed by atoms with Gasteiger partial charge in [0, 0.05) is 42.7 Å². The number of carbonyl (C=O) groups excluding carboxylic acids is 3. The van der Waals surface area contributed by atoms with Crippen LogP contribution in [0.1, 0.15) is 72.9 Å². The molecule has 172 valence electrons. The van der Waals surface area contributed by atoms with Crippen molar-refractivity contribution in [1.29, 1.82) is 0 Å². The monoisotopic (exact) mass is 443 g/mol. The van der Waals surface area contributed by atoms with Gasteiger partial charge in [0.2, 0.25) is 11.8 Å². The van der Waals surface area contributed by atoms with Crippen LogP contribution in [0.5, 0.6) is 0 Å². The Morgan fingerprint density at radius 2 is 1.91 bits per heavy atom. The fourth-order valence-electron chi connectivity index (χ4n) is 5.65. The third-order valence-electron chi connectivity index (χ3n) is 7.40. The summed E-state index contributed by atoms with van der Waals surface area (Å²) in [5.74, 6) is -1.55. The lowest BCUT2D eigenvalue weighted by Crippen LogP contribution is -2.52. The lowest BCUT2D eigenvalue weighted by Gasteiger charge is -2.34. The van der Waals surface area contributed by atoms with E-state index < -0.39 is 11.9 Å². The second-order valence-corrected chi connectivity index (χ2v) is 9.47. The molecule has 3 atom stereocenters. The number of benzene rings is 1. The lowest BCUT2D eigenvalue weighted by atomic mass is 9.93. The molecule has 1 saturated carbocycles. The topological polar surface area (TPSA) is 87.7 Å². The first-order valence-electron chi connectivity index (χ1n) is 11.8. The summed E-state index contributed by atoms with van der Waals surface area (Å²) in [5, 5.41) is 6.02. The minimum Gasteiger partial charge on any atom is -0.376 e. The Morgan fingerprint density at radius 3 is 2.69 bits per heavy atom. The van der Waals surface area contributed by atoms with Crippen molar-refractivity contribution in [2.75, 3.05) is 6.61 Å². The maximum atomic E-state index is 15.5. The highest BCUT2D eigenvalue weighted by Crippen LogP contribution is 2.32. The van der Waals surface area contributed by atoms with Crippen LogP contribution in [0.15, 0.2) is 12.1 Å². The second-order valence-electron chi connectivity index (χ2n) is 9.47. The summed E-state index contributed by atoms with van der Waals surface area (Å²) in [5.41, 5.74) is 1.20. The molecule has 3 fully saturated rings. The highest BCUT2D eigenvalue weighted by atomic mass is 19.1. The Kier molecular flexibility index (Phi) is 5.99. The zero-order valence-electron chi connectivity index (χ0n) is 18.2. The highest BCUT2D eigenvalue weighted by Gasteiger charge is 2.41. The molecule has 1 unspecified atom stereocenters. The van der Waals surface area contributed by atoms with Crippen molar-refractivity contribution in [3.05, 3.63) is 34.6 Å². The van der Waals surface area contributed by atoms with E-state index in [1.54, 1.807) is 12.1 Å². The number of ether oxygens (including phenoxy) is 1. The van der Waals surface area contributed by atoms with Gasteiger partial charge in [-0.25, -0.2) is 4.39 Å². The molecule has 1 aliphatic carbocycles. The minimum atomic E-state index is -0.739. The quantitative estimate of drug-likeness (QED) is 0.682. The molecule has 2 N–H and O–H groups in total. The van der Waals surface area contributed by atoms with Gasteiger partial charge in [-0.2, -0.15) is 0 Å². The van der Waals surface area contributed by atoms with Gasteiger partial charge >= 0.3 is 0 Å². The maximum absolute atomic E-state index is 15.5. The molecule has 8 heteroatoms. The Labute approximate surface area is 187 Å². The summed E-state index contributed by atoms with van der Waals surface area (Å²) in [6, 6.07) is 3.35. The summed E-state index contributed by atoms with van der Waals surface area (Å²) >= 11 is 0. The van der Waals surface area contributed by atoms with E-state index in [1.807, 2.05) is 0 Å². The van der Waals surface area contributed by atoms with E-state index in [9.17, 15) is 14.4 Å². The van der Waals surface area contributed by atoms with Crippen LogP contribution in [-0.4, -0.2) is 53.5 Å². The number of nitrogens with zero attached hydrogens (tertiary/aromatic N) is 1. The summed E-state index contributed by atoms with van der Waals surface area (Å²) in [6.45, 7) is 0.733. The molecule has 32 heavy (non-hydrogen) atoms. The number of amides is 3. The van der Waals surface area contributed by atoms with Gasteiger partial charge in [0.05, 0.1) is 12.6 Å². The Bertz CT molecular complexity index is 930. The lowest BCUT2D eigenvalue weighted by molar-refractivity contribution is -0.136. The minimum absolute atomic E-state index is 0.0510. The number of carbonyl (C=O) groups is 3. The average Bonchev–Trinajstić information content (AvgIpc) is 3.40. The number of piperidine rings is 1. The van der Waals surface area contributed by atoms with Crippen molar-refractivity contribution in [2.45, 2.75) is 88.6 Å². The molecular weight excluding hydrogens is 413 g/mol. The molecular formula is C24H30FN3O4. The molecule has 1 aromatic rings. The summed E-state index contributed by atoms with van der Waals surface area (Å²) in [4.78, 5) is 38.0. The van der Waals surface area contributed by atoms with Gasteiger partial charge in [-0.05, 0) is 43.7 Å². The molecule has 5 rings (SSSR count). The van der Waals surface area contributed by atoms with Crippen LogP contribution in [0, 0.1) is 5.82 Å². The zero-order chi connectivity index (χ0) is 22.2. The molecule has 3 heterocycles. The predicted molar refractivity (Wildman–Crippen MR) is 114 cm³/mol. The van der Waals surface area contributed by atoms with Crippen molar-refractivity contribution < 1.29 is 23.5 Å². The normalized spacial score (nSPS) is 28.8. The molecule has 2 saturated heterocycles. The molecule has 0 aromatic heterocycles. The van der Waals surface area contributed by atoms with E-state index in [0.29, 0.717) is 35.8 Å². The van der Waals surface area contributed by atoms with Gasteiger partial charge in [0.25, 0.3) is 5.91 Å². The number of hydrogen-bond acceptors (Lipinski definition) is 5. The van der Waals surface area contributed by atoms with E-state index in [1.165, 1.54) is 30.6 Å². The summed E-state index contributed by atoms with van der Waals surface area (Å²) in [6.07, 6.45) is 7.72. The van der Waals surface area contributed by atoms with E-state index in [-0.39, 0.29) is 49.2 Å². The van der Waals surface area contributed by atoms with E-state index in [2.05, 4.69) is 10.6 Å². The number of rotatable bonds is 5. The first-order chi connectivity index (χ1) is 15.5. The van der Waals surface area contributed by atoms with Crippen molar-refractivity contribution in [3.8, 4) is 0 Å². The van der Waals surface area contributed by atoms with Gasteiger partial charge in [-0.3, -0.25) is 19.7 Å². The number of hydrogen-bond donors (Lipinski definition) is 2. The van der Waals surface area contributed by atoms with Crippen LogP contribution >= 0.6 is 0 Å². The Hall–Kier alpha value is -2.32. The zero-order valence-corrected chi connectivity index (χ0v) is 18.2. The van der Waals surface area contributed by atoms with Crippen LogP contribution < -0.4 is 10.6 Å². The third kappa shape index (κ3) is 4.06. The Balaban J connectivity index is 1.32. The SMILES string of the molecule is O=C1CCC(N2Cc3c(ccc(C[C@H]4OCCC[C@@H]4NC4CCCC4)c3F)C2=O)C(=O)N1. The van der Waals surface area contributed by atoms with Crippen molar-refractivity contribution in [1.82, 2.24) is 15.5 Å². The second kappa shape index (κ2) is 8.90. The molecule has 0 bridgehead atoms. The largest absolute Gasteiger partial charge is 0.376 e. The van der Waals surface area contributed by atoms with Crippen LogP contribution in [0.25, 0.3) is 0 Å². The van der Waals surface area contributed by atoms with E-state index in [0.717, 1.165) is 12.8 Å². The van der Waals surface area contributed by atoms with Gasteiger partial charge in [-0.1, -0.05) is 18.9 Å². The fourth-order valence-corrected chi connectivity index (χ4v) is 5.65. The van der Waals surface area contributed by atoms with Crippen LogP contribution in [0.3, 0.4) is 0 Å². The Morgan fingerprint density at radius 1 is 1.09 bits per heavy atom. The van der Waals surface area contributed by atoms with Crippen LogP contribution in [0.2, 0.25) is 0 Å². The first-order valence-corrected chi connectivity index (χ1v) is 11.8. The first kappa shape index (κ1) is 21.5. The fraction of sp³-hybridized carbons (Fsp3) is 0.625. The number of halogens is 1. The highest BCUT2D eigenvalue weighted by molar-refractivity contribution is 6.05. The van der Waals surface area contributed by atoms with E-state index >= 15 is 4.39 Å². The van der Waals surface area contributed by atoms with Crippen LogP contribution in [-0.2, 0) is 27.3 Å². The molecule has 0 spiro atoms. The third-order valence-corrected chi connectivity index (χ3v) is 7.40. The number of imide groups is 1. The molecule has 0 radical (unpaired) electrons. The smallest absolute Gasteiger partial charge is 0.255 e. The average molecular weight is 444 g/mol. The van der Waals surface area contributed by atoms with Gasteiger partial charge in [0.15, 0.2) is 0 Å². The number of fused-ring (bicyclic) bond motifs is 1. The van der Waals surface area contributed by atoms with Gasteiger partial charge in [0.1, 0.15) is 11.9 Å². The molecule has 3 amide bonds. The standard InChI is InChI=1S/C24H30FN3O4/c25-22-14(12-20-18(6-3-11-32-20)26-15-4-1-2-5-15)7-8-16-17(22)13-28(24(16)31)19-9-10-21(29)27-23(19)30/h7-8,15,18-20,26H,1-6,9-13H2,(H,27,29,30)/t18-,19?,20+/m0/s1. The van der Waals surface area contributed by atoms with E-state index in [4.69, 9.17) is 4.74 Å². The molecule has 3 aliphatic heterocycles. The van der Waals surface area contributed by atoms with Crippen molar-refractivity contribution in [3.63, 3.8) is 0 Å².